The number of rotatable bonds is 2. The lowest BCUT2D eigenvalue weighted by molar-refractivity contribution is 0.618. The van der Waals surface area contributed by atoms with Gasteiger partial charge in [-0.3, -0.25) is 0 Å². The number of nitrogens with two attached hydrogens (primary N) is 1. The number of halogens is 3. The fraction of sp³-hybridized carbons (Fsp3) is 0.250. The summed E-state index contributed by atoms with van der Waals surface area (Å²) < 4.78 is 13.3. The second-order valence-corrected chi connectivity index (χ2v) is 3.61. The average molecular weight is 253 g/mol. The summed E-state index contributed by atoms with van der Waals surface area (Å²) in [4.78, 5) is 0. The van der Waals surface area contributed by atoms with E-state index in [0.717, 1.165) is 5.56 Å². The topological polar surface area (TPSA) is 26.0 Å². The largest absolute Gasteiger partial charge is 0.330 e. The Morgan fingerprint density at radius 2 is 2.17 bits per heavy atom. The molecule has 0 atom stereocenters. The van der Waals surface area contributed by atoms with E-state index >= 15 is 0 Å². The van der Waals surface area contributed by atoms with Gasteiger partial charge in [-0.15, -0.1) is 0 Å². The predicted molar refractivity (Wildman–Crippen MR) is 51.9 cm³/mol. The molecule has 0 aliphatic heterocycles. The van der Waals surface area contributed by atoms with E-state index in [-0.39, 0.29) is 5.82 Å². The maximum Gasteiger partial charge on any atom is 0.139 e. The first-order valence-electron chi connectivity index (χ1n) is 3.48. The zero-order chi connectivity index (χ0) is 9.14. The molecule has 1 nitrogen and oxygen atoms in total. The van der Waals surface area contributed by atoms with Gasteiger partial charge in [0.15, 0.2) is 0 Å². The van der Waals surface area contributed by atoms with Crippen molar-refractivity contribution in [2.45, 2.75) is 6.42 Å². The molecule has 0 spiro atoms. The minimum atomic E-state index is -0.342. The van der Waals surface area contributed by atoms with Gasteiger partial charge >= 0.3 is 0 Å². The molecule has 66 valence electrons. The van der Waals surface area contributed by atoms with Crippen LogP contribution in [-0.2, 0) is 6.42 Å². The van der Waals surface area contributed by atoms with Crippen LogP contribution >= 0.6 is 27.5 Å². The summed E-state index contributed by atoms with van der Waals surface area (Å²) in [5.41, 5.74) is 6.14. The van der Waals surface area contributed by atoms with Gasteiger partial charge in [0.1, 0.15) is 5.82 Å². The van der Waals surface area contributed by atoms with Crippen molar-refractivity contribution in [3.63, 3.8) is 0 Å². The van der Waals surface area contributed by atoms with Gasteiger partial charge in [0, 0.05) is 0 Å². The van der Waals surface area contributed by atoms with Gasteiger partial charge in [0.2, 0.25) is 0 Å². The Hall–Kier alpha value is -0.120. The van der Waals surface area contributed by atoms with Crippen LogP contribution in [0, 0.1) is 5.82 Å². The van der Waals surface area contributed by atoms with Gasteiger partial charge in [-0.1, -0.05) is 11.6 Å². The maximum absolute atomic E-state index is 13.0. The second-order valence-electron chi connectivity index (χ2n) is 2.41. The van der Waals surface area contributed by atoms with Crippen molar-refractivity contribution in [2.24, 2.45) is 5.73 Å². The van der Waals surface area contributed by atoms with E-state index < -0.39 is 0 Å². The summed E-state index contributed by atoms with van der Waals surface area (Å²) in [6.07, 6.45) is 0.643. The highest BCUT2D eigenvalue weighted by Crippen LogP contribution is 2.26. The van der Waals surface area contributed by atoms with E-state index in [2.05, 4.69) is 15.9 Å². The molecule has 0 bridgehead atoms. The summed E-state index contributed by atoms with van der Waals surface area (Å²) >= 11 is 8.75. The Labute approximate surface area is 83.8 Å². The van der Waals surface area contributed by atoms with Crippen LogP contribution in [0.3, 0.4) is 0 Å². The zero-order valence-corrected chi connectivity index (χ0v) is 8.62. The van der Waals surface area contributed by atoms with E-state index in [0.29, 0.717) is 22.5 Å². The molecule has 4 heteroatoms. The van der Waals surface area contributed by atoms with Crippen LogP contribution in [0.5, 0.6) is 0 Å². The maximum atomic E-state index is 13.0. The second kappa shape index (κ2) is 4.21. The van der Waals surface area contributed by atoms with Gasteiger partial charge in [0.25, 0.3) is 0 Å². The van der Waals surface area contributed by atoms with Crippen LogP contribution < -0.4 is 5.73 Å². The van der Waals surface area contributed by atoms with E-state index in [1.54, 1.807) is 6.07 Å². The SMILES string of the molecule is NCCc1cc(F)c(Br)c(Cl)c1. The monoisotopic (exact) mass is 251 g/mol. The molecule has 0 saturated heterocycles. The molecule has 0 fully saturated rings. The van der Waals surface area contributed by atoms with Crippen molar-refractivity contribution in [1.29, 1.82) is 0 Å². The Morgan fingerprint density at radius 3 is 2.67 bits per heavy atom. The number of hydrogen-bond acceptors (Lipinski definition) is 1. The van der Waals surface area contributed by atoms with Crippen LogP contribution in [-0.4, -0.2) is 6.54 Å². The van der Waals surface area contributed by atoms with Crippen LogP contribution in [0.1, 0.15) is 5.56 Å². The summed E-state index contributed by atoms with van der Waals surface area (Å²) in [6.45, 7) is 0.497. The quantitative estimate of drug-likeness (QED) is 0.805. The lowest BCUT2D eigenvalue weighted by Crippen LogP contribution is -2.03. The Bertz CT molecular complexity index is 267. The average Bonchev–Trinajstić information content (AvgIpc) is 2.01. The highest BCUT2D eigenvalue weighted by Gasteiger charge is 2.05. The fourth-order valence-electron chi connectivity index (χ4n) is 0.919. The molecule has 0 aromatic heterocycles. The number of hydrogen-bond donors (Lipinski definition) is 1. The first kappa shape index (κ1) is 9.96. The molecular weight excluding hydrogens is 244 g/mol. The highest BCUT2D eigenvalue weighted by atomic mass is 79.9. The van der Waals surface area contributed by atoms with E-state index in [1.807, 2.05) is 0 Å². The molecule has 0 saturated carbocycles. The van der Waals surface area contributed by atoms with Crippen molar-refractivity contribution in [1.82, 2.24) is 0 Å². The first-order chi connectivity index (χ1) is 5.65. The van der Waals surface area contributed by atoms with Crippen LogP contribution in [0.25, 0.3) is 0 Å². The van der Waals surface area contributed by atoms with Crippen molar-refractivity contribution in [2.75, 3.05) is 6.54 Å². The van der Waals surface area contributed by atoms with Crippen LogP contribution in [0.15, 0.2) is 16.6 Å². The smallest absolute Gasteiger partial charge is 0.139 e. The first-order valence-corrected chi connectivity index (χ1v) is 4.65. The molecule has 1 aromatic rings. The Kier molecular flexibility index (Phi) is 3.50. The molecule has 0 amide bonds. The summed E-state index contributed by atoms with van der Waals surface area (Å²) in [7, 11) is 0. The van der Waals surface area contributed by atoms with E-state index in [1.165, 1.54) is 6.07 Å². The van der Waals surface area contributed by atoms with Crippen molar-refractivity contribution >= 4 is 27.5 Å². The predicted octanol–water partition coefficient (Wildman–Crippen LogP) is 2.74. The third kappa shape index (κ3) is 2.19. The summed E-state index contributed by atoms with van der Waals surface area (Å²) in [5.74, 6) is -0.342. The molecule has 0 radical (unpaired) electrons. The van der Waals surface area contributed by atoms with Gasteiger partial charge in [-0.25, -0.2) is 4.39 Å². The standard InChI is InChI=1S/C8H8BrClFN/c9-8-6(10)3-5(1-2-12)4-7(8)11/h3-4H,1-2,12H2. The molecule has 0 heterocycles. The fourth-order valence-corrected chi connectivity index (χ4v) is 1.38. The Balaban J connectivity index is 3.04. The van der Waals surface area contributed by atoms with Crippen molar-refractivity contribution in [3.05, 3.63) is 33.0 Å². The van der Waals surface area contributed by atoms with Crippen LogP contribution in [0.4, 0.5) is 4.39 Å². The van der Waals surface area contributed by atoms with Crippen molar-refractivity contribution < 1.29 is 4.39 Å². The highest BCUT2D eigenvalue weighted by molar-refractivity contribution is 9.10. The van der Waals surface area contributed by atoms with Gasteiger partial charge in [-0.05, 0) is 46.6 Å². The normalized spacial score (nSPS) is 10.3. The summed E-state index contributed by atoms with van der Waals surface area (Å²) in [5, 5.41) is 0.387. The lowest BCUT2D eigenvalue weighted by Gasteiger charge is -2.02. The zero-order valence-electron chi connectivity index (χ0n) is 6.28. The minimum absolute atomic E-state index is 0.310. The van der Waals surface area contributed by atoms with E-state index in [9.17, 15) is 4.39 Å². The molecular formula is C8H8BrClFN. The molecule has 1 rings (SSSR count). The molecule has 0 unspecified atom stereocenters. The number of benzene rings is 1. The third-order valence-electron chi connectivity index (χ3n) is 1.48. The van der Waals surface area contributed by atoms with Gasteiger partial charge in [0.05, 0.1) is 9.50 Å². The Morgan fingerprint density at radius 1 is 1.50 bits per heavy atom. The minimum Gasteiger partial charge on any atom is -0.330 e. The van der Waals surface area contributed by atoms with Crippen molar-refractivity contribution in [3.8, 4) is 0 Å². The molecule has 0 aliphatic carbocycles. The third-order valence-corrected chi connectivity index (χ3v) is 2.81. The molecule has 2 N–H and O–H groups in total. The van der Waals surface area contributed by atoms with Gasteiger partial charge < -0.3 is 5.73 Å². The van der Waals surface area contributed by atoms with Gasteiger partial charge in [-0.2, -0.15) is 0 Å². The van der Waals surface area contributed by atoms with E-state index in [4.69, 9.17) is 17.3 Å². The molecule has 12 heavy (non-hydrogen) atoms. The van der Waals surface area contributed by atoms with Crippen LogP contribution in [0.2, 0.25) is 5.02 Å². The molecule has 1 aromatic carbocycles. The lowest BCUT2D eigenvalue weighted by atomic mass is 10.1. The summed E-state index contributed by atoms with van der Waals surface area (Å²) in [6, 6.07) is 3.14. The molecule has 0 aliphatic rings.